The zero-order chi connectivity index (χ0) is 7.72. The van der Waals surface area contributed by atoms with E-state index in [4.69, 9.17) is 5.11 Å². The molecule has 0 saturated heterocycles. The molecule has 5 heteroatoms. The van der Waals surface area contributed by atoms with Gasteiger partial charge in [0.2, 0.25) is 0 Å². The van der Waals surface area contributed by atoms with Crippen molar-refractivity contribution in [3.05, 3.63) is 16.1 Å². The Kier molecular flexibility index (Phi) is 1.76. The first kappa shape index (κ1) is 7.27. The minimum Gasteiger partial charge on any atom is -0.476 e. The van der Waals surface area contributed by atoms with Crippen molar-refractivity contribution in [2.45, 2.75) is 6.92 Å². The van der Waals surface area contributed by atoms with E-state index < -0.39 is 5.97 Å². The number of aromatic carboxylic acids is 1. The van der Waals surface area contributed by atoms with Crippen LogP contribution in [0.5, 0.6) is 0 Å². The predicted molar refractivity (Wildman–Crippen MR) is 38.0 cm³/mol. The second-order valence-corrected chi connectivity index (χ2v) is 2.56. The molecule has 0 amide bonds. The first-order chi connectivity index (χ1) is 4.61. The molecular formula is C5H5BrN2O2. The summed E-state index contributed by atoms with van der Waals surface area (Å²) in [5.41, 5.74) is 0.617. The van der Waals surface area contributed by atoms with Gasteiger partial charge in [-0.05, 0) is 22.9 Å². The molecule has 1 heterocycles. The van der Waals surface area contributed by atoms with E-state index in [-0.39, 0.29) is 5.69 Å². The first-order valence-electron chi connectivity index (χ1n) is 2.56. The van der Waals surface area contributed by atoms with Gasteiger partial charge in [0, 0.05) is 5.69 Å². The molecule has 10 heavy (non-hydrogen) atoms. The average molecular weight is 205 g/mol. The smallest absolute Gasteiger partial charge is 0.356 e. The lowest BCUT2D eigenvalue weighted by Crippen LogP contribution is -1.98. The number of hydrogen-bond acceptors (Lipinski definition) is 2. The molecular weight excluding hydrogens is 200 g/mol. The highest BCUT2D eigenvalue weighted by molar-refractivity contribution is 9.10. The van der Waals surface area contributed by atoms with Gasteiger partial charge in [0.15, 0.2) is 10.4 Å². The number of imidazole rings is 1. The van der Waals surface area contributed by atoms with Gasteiger partial charge in [0.1, 0.15) is 0 Å². The summed E-state index contributed by atoms with van der Waals surface area (Å²) in [6.07, 6.45) is 0. The van der Waals surface area contributed by atoms with Crippen LogP contribution in [0, 0.1) is 6.92 Å². The minimum atomic E-state index is -1.01. The molecule has 0 aromatic carbocycles. The van der Waals surface area contributed by atoms with Gasteiger partial charge >= 0.3 is 5.97 Å². The number of nitrogens with zero attached hydrogens (tertiary/aromatic N) is 1. The zero-order valence-electron chi connectivity index (χ0n) is 5.18. The number of halogens is 1. The van der Waals surface area contributed by atoms with Gasteiger partial charge in [-0.3, -0.25) is 0 Å². The lowest BCUT2D eigenvalue weighted by molar-refractivity contribution is 0.0690. The third kappa shape index (κ3) is 1.18. The molecule has 0 bridgehead atoms. The largest absolute Gasteiger partial charge is 0.476 e. The van der Waals surface area contributed by atoms with Crippen molar-refractivity contribution in [3.63, 3.8) is 0 Å². The molecule has 1 rings (SSSR count). The molecule has 0 aliphatic heterocycles. The number of aromatic nitrogens is 2. The van der Waals surface area contributed by atoms with Crippen molar-refractivity contribution < 1.29 is 9.90 Å². The maximum Gasteiger partial charge on any atom is 0.356 e. The van der Waals surface area contributed by atoms with E-state index in [9.17, 15) is 4.79 Å². The topological polar surface area (TPSA) is 66.0 Å². The van der Waals surface area contributed by atoms with E-state index in [1.165, 1.54) is 0 Å². The van der Waals surface area contributed by atoms with Crippen LogP contribution < -0.4 is 0 Å². The molecule has 0 unspecified atom stereocenters. The molecule has 1 aromatic heterocycles. The van der Waals surface area contributed by atoms with Crippen LogP contribution in [-0.2, 0) is 0 Å². The molecule has 0 aliphatic rings. The van der Waals surface area contributed by atoms with Crippen molar-refractivity contribution >= 4 is 21.9 Å². The lowest BCUT2D eigenvalue weighted by atomic mass is 10.4. The number of carbonyl (C=O) groups is 1. The Labute approximate surface area is 65.4 Å². The number of aromatic amines is 1. The standard InChI is InChI=1S/C5H5BrN2O2/c1-2-3(4(9)10)8-5(6)7-2/h1H3,(H,7,8)(H,9,10). The number of carboxylic acids is 1. The van der Waals surface area contributed by atoms with Gasteiger partial charge in [-0.1, -0.05) is 0 Å². The van der Waals surface area contributed by atoms with Crippen LogP contribution in [0.15, 0.2) is 4.73 Å². The van der Waals surface area contributed by atoms with Gasteiger partial charge in [-0.25, -0.2) is 9.78 Å². The van der Waals surface area contributed by atoms with Gasteiger partial charge in [0.05, 0.1) is 0 Å². The Balaban J connectivity index is 3.15. The first-order valence-corrected chi connectivity index (χ1v) is 3.36. The van der Waals surface area contributed by atoms with E-state index >= 15 is 0 Å². The molecule has 0 spiro atoms. The summed E-state index contributed by atoms with van der Waals surface area (Å²) in [5, 5.41) is 8.48. The predicted octanol–water partition coefficient (Wildman–Crippen LogP) is 1.18. The molecule has 0 aliphatic carbocycles. The second-order valence-electron chi connectivity index (χ2n) is 1.81. The number of H-pyrrole nitrogens is 1. The van der Waals surface area contributed by atoms with Crippen LogP contribution in [0.3, 0.4) is 0 Å². The van der Waals surface area contributed by atoms with Gasteiger partial charge in [0.25, 0.3) is 0 Å². The quantitative estimate of drug-likeness (QED) is 0.723. The summed E-state index contributed by atoms with van der Waals surface area (Å²) in [6.45, 7) is 1.65. The fraction of sp³-hybridized carbons (Fsp3) is 0.200. The molecule has 1 aromatic rings. The number of nitrogens with one attached hydrogen (secondary N) is 1. The zero-order valence-corrected chi connectivity index (χ0v) is 6.77. The van der Waals surface area contributed by atoms with Crippen LogP contribution >= 0.6 is 15.9 Å². The SMILES string of the molecule is Cc1[nH]c(Br)nc1C(=O)O. The molecule has 0 radical (unpaired) electrons. The van der Waals surface area contributed by atoms with Crippen molar-refractivity contribution in [1.29, 1.82) is 0 Å². The van der Waals surface area contributed by atoms with E-state index in [1.54, 1.807) is 6.92 Å². The number of rotatable bonds is 1. The second kappa shape index (κ2) is 2.42. The number of hydrogen-bond donors (Lipinski definition) is 2. The fourth-order valence-electron chi connectivity index (χ4n) is 0.632. The maximum absolute atomic E-state index is 10.3. The summed E-state index contributed by atoms with van der Waals surface area (Å²) >= 11 is 3.02. The number of aryl methyl sites for hydroxylation is 1. The highest BCUT2D eigenvalue weighted by Crippen LogP contribution is 2.08. The average Bonchev–Trinajstić information content (AvgIpc) is 2.10. The molecule has 4 nitrogen and oxygen atoms in total. The Morgan fingerprint density at radius 1 is 1.80 bits per heavy atom. The van der Waals surface area contributed by atoms with E-state index in [2.05, 4.69) is 25.9 Å². The van der Waals surface area contributed by atoms with Crippen LogP contribution in [0.25, 0.3) is 0 Å². The molecule has 0 saturated carbocycles. The molecule has 0 fully saturated rings. The van der Waals surface area contributed by atoms with Crippen LogP contribution in [-0.4, -0.2) is 21.0 Å². The Morgan fingerprint density at radius 2 is 2.40 bits per heavy atom. The van der Waals surface area contributed by atoms with Crippen molar-refractivity contribution in [2.75, 3.05) is 0 Å². The third-order valence-corrected chi connectivity index (χ3v) is 1.43. The summed E-state index contributed by atoms with van der Waals surface area (Å²) < 4.78 is 0.447. The van der Waals surface area contributed by atoms with Crippen molar-refractivity contribution in [2.24, 2.45) is 0 Å². The normalized spacial score (nSPS) is 9.80. The van der Waals surface area contributed by atoms with Crippen LogP contribution in [0.4, 0.5) is 0 Å². The fourth-order valence-corrected chi connectivity index (χ4v) is 1.11. The summed E-state index contributed by atoms with van der Waals surface area (Å²) in [7, 11) is 0. The Bertz CT molecular complexity index is 269. The van der Waals surface area contributed by atoms with Crippen LogP contribution in [0.1, 0.15) is 16.2 Å². The molecule has 0 atom stereocenters. The summed E-state index contributed by atoms with van der Waals surface area (Å²) in [5.74, 6) is -1.01. The Morgan fingerprint density at radius 3 is 2.60 bits per heavy atom. The summed E-state index contributed by atoms with van der Waals surface area (Å²) in [4.78, 5) is 16.7. The highest BCUT2D eigenvalue weighted by Gasteiger charge is 2.10. The van der Waals surface area contributed by atoms with E-state index in [0.29, 0.717) is 10.4 Å². The van der Waals surface area contributed by atoms with E-state index in [1.807, 2.05) is 0 Å². The molecule has 54 valence electrons. The summed E-state index contributed by atoms with van der Waals surface area (Å²) in [6, 6.07) is 0. The van der Waals surface area contributed by atoms with Gasteiger partial charge in [-0.2, -0.15) is 0 Å². The Hall–Kier alpha value is -0.840. The molecule has 2 N–H and O–H groups in total. The van der Waals surface area contributed by atoms with Gasteiger partial charge in [-0.15, -0.1) is 0 Å². The third-order valence-electron chi connectivity index (χ3n) is 1.06. The van der Waals surface area contributed by atoms with E-state index in [0.717, 1.165) is 0 Å². The maximum atomic E-state index is 10.3. The lowest BCUT2D eigenvalue weighted by Gasteiger charge is -1.84. The monoisotopic (exact) mass is 204 g/mol. The van der Waals surface area contributed by atoms with Crippen LogP contribution in [0.2, 0.25) is 0 Å². The van der Waals surface area contributed by atoms with Crippen molar-refractivity contribution in [1.82, 2.24) is 9.97 Å². The van der Waals surface area contributed by atoms with Gasteiger partial charge < -0.3 is 10.1 Å². The highest BCUT2D eigenvalue weighted by atomic mass is 79.9. The minimum absolute atomic E-state index is 0.0619. The number of carboxylic acid groups (broad SMARTS) is 1. The van der Waals surface area contributed by atoms with Crippen molar-refractivity contribution in [3.8, 4) is 0 Å².